The number of hydrogen-bond donors (Lipinski definition) is 0. The molecule has 1 atom stereocenters. The van der Waals surface area contributed by atoms with Crippen molar-refractivity contribution in [2.75, 3.05) is 24.6 Å². The molecule has 0 saturated carbocycles. The molecule has 18 heavy (non-hydrogen) atoms. The van der Waals surface area contributed by atoms with E-state index in [0.29, 0.717) is 12.1 Å². The topological polar surface area (TPSA) is 36.3 Å². The quantitative estimate of drug-likeness (QED) is 0.776. The van der Waals surface area contributed by atoms with Crippen molar-refractivity contribution in [2.24, 2.45) is 0 Å². The van der Waals surface area contributed by atoms with Gasteiger partial charge in [-0.05, 0) is 17.7 Å². The zero-order chi connectivity index (χ0) is 13.1. The molecule has 0 amide bonds. The van der Waals surface area contributed by atoms with Crippen LogP contribution in [0.25, 0.3) is 0 Å². The molecule has 1 unspecified atom stereocenters. The van der Waals surface area contributed by atoms with E-state index in [-0.39, 0.29) is 24.7 Å². The number of rotatable bonds is 2. The number of ether oxygens (including phenoxy) is 1. The summed E-state index contributed by atoms with van der Waals surface area (Å²) in [6, 6.07) is 4.36. The fourth-order valence-electron chi connectivity index (χ4n) is 1.93. The van der Waals surface area contributed by atoms with Gasteiger partial charge in [-0.25, -0.2) is 8.78 Å². The molecule has 1 aromatic rings. The van der Waals surface area contributed by atoms with Crippen LogP contribution in [0.2, 0.25) is 0 Å². The summed E-state index contributed by atoms with van der Waals surface area (Å²) in [4.78, 5) is 1.49. The van der Waals surface area contributed by atoms with Gasteiger partial charge in [-0.15, -0.1) is 11.6 Å². The van der Waals surface area contributed by atoms with Crippen molar-refractivity contribution in [3.8, 4) is 6.07 Å². The predicted octanol–water partition coefficient (Wildman–Crippen LogP) is 2.43. The minimum absolute atomic E-state index is 0.0536. The van der Waals surface area contributed by atoms with Crippen molar-refractivity contribution >= 4 is 17.3 Å². The Morgan fingerprint density at radius 1 is 1.44 bits per heavy atom. The van der Waals surface area contributed by atoms with Crippen LogP contribution in [0.15, 0.2) is 12.1 Å². The van der Waals surface area contributed by atoms with Crippen molar-refractivity contribution in [3.05, 3.63) is 29.3 Å². The molecule has 0 bridgehead atoms. The normalized spacial score (nSPS) is 19.7. The first-order valence-electron chi connectivity index (χ1n) is 5.45. The molecular weight excluding hydrogens is 262 g/mol. The second kappa shape index (κ2) is 5.51. The molecule has 1 heterocycles. The Bertz CT molecular complexity index is 466. The van der Waals surface area contributed by atoms with Crippen LogP contribution < -0.4 is 4.90 Å². The van der Waals surface area contributed by atoms with Crippen molar-refractivity contribution < 1.29 is 13.5 Å². The maximum Gasteiger partial charge on any atom is 0.161 e. The number of benzene rings is 1. The summed E-state index contributed by atoms with van der Waals surface area (Å²) in [6.45, 7) is 0.783. The molecule has 1 aromatic carbocycles. The number of alkyl halides is 1. The second-order valence-electron chi connectivity index (χ2n) is 3.98. The van der Waals surface area contributed by atoms with Gasteiger partial charge in [0.2, 0.25) is 0 Å². The molecule has 0 N–H and O–H groups in total. The van der Waals surface area contributed by atoms with Crippen molar-refractivity contribution in [1.82, 2.24) is 0 Å². The zero-order valence-corrected chi connectivity index (χ0v) is 10.3. The third-order valence-corrected chi connectivity index (χ3v) is 3.07. The highest BCUT2D eigenvalue weighted by molar-refractivity contribution is 6.17. The van der Waals surface area contributed by atoms with Crippen LogP contribution in [0, 0.1) is 23.0 Å². The lowest BCUT2D eigenvalue weighted by atomic mass is 10.1. The van der Waals surface area contributed by atoms with Gasteiger partial charge in [0.25, 0.3) is 0 Å². The van der Waals surface area contributed by atoms with Gasteiger partial charge in [0, 0.05) is 12.4 Å². The van der Waals surface area contributed by atoms with Gasteiger partial charge in [0.05, 0.1) is 19.2 Å². The van der Waals surface area contributed by atoms with Crippen LogP contribution in [0.5, 0.6) is 0 Å². The number of hydrogen-bond acceptors (Lipinski definition) is 3. The highest BCUT2D eigenvalue weighted by Gasteiger charge is 2.25. The molecule has 1 aliphatic heterocycles. The van der Waals surface area contributed by atoms with Crippen molar-refractivity contribution in [3.63, 3.8) is 0 Å². The highest BCUT2D eigenvalue weighted by atomic mass is 35.5. The molecule has 0 aromatic heterocycles. The van der Waals surface area contributed by atoms with E-state index in [1.54, 1.807) is 0 Å². The van der Waals surface area contributed by atoms with Crippen LogP contribution in [0.1, 0.15) is 5.56 Å². The minimum atomic E-state index is -0.663. The molecule has 6 heteroatoms. The molecular formula is C12H11ClF2N2O. The molecule has 1 fully saturated rings. The molecule has 1 saturated heterocycles. The van der Waals surface area contributed by atoms with Crippen LogP contribution in [0.4, 0.5) is 14.5 Å². The maximum absolute atomic E-state index is 13.8. The summed E-state index contributed by atoms with van der Waals surface area (Å²) in [7, 11) is 0. The van der Waals surface area contributed by atoms with E-state index in [1.165, 1.54) is 17.0 Å². The van der Waals surface area contributed by atoms with Gasteiger partial charge < -0.3 is 9.64 Å². The summed E-state index contributed by atoms with van der Waals surface area (Å²) in [6.07, 6.45) is -0.662. The predicted molar refractivity (Wildman–Crippen MR) is 63.5 cm³/mol. The van der Waals surface area contributed by atoms with E-state index in [9.17, 15) is 8.78 Å². The van der Waals surface area contributed by atoms with Gasteiger partial charge in [-0.3, -0.25) is 0 Å². The highest BCUT2D eigenvalue weighted by Crippen LogP contribution is 2.27. The largest absolute Gasteiger partial charge is 0.361 e. The van der Waals surface area contributed by atoms with E-state index in [2.05, 4.69) is 0 Å². The zero-order valence-electron chi connectivity index (χ0n) is 9.50. The molecule has 0 spiro atoms. The SMILES string of the molecule is N#CC1CN(c2c(F)cc(CCl)cc2F)CCO1. The molecule has 2 rings (SSSR count). The van der Waals surface area contributed by atoms with E-state index in [0.717, 1.165) is 0 Å². The smallest absolute Gasteiger partial charge is 0.161 e. The Hall–Kier alpha value is -1.38. The van der Waals surface area contributed by atoms with Gasteiger partial charge >= 0.3 is 0 Å². The van der Waals surface area contributed by atoms with Gasteiger partial charge in [-0.1, -0.05) is 0 Å². The summed E-state index contributed by atoms with van der Waals surface area (Å²) in [5, 5.41) is 8.77. The third kappa shape index (κ3) is 2.55. The van der Waals surface area contributed by atoms with Crippen molar-refractivity contribution in [2.45, 2.75) is 12.0 Å². The van der Waals surface area contributed by atoms with E-state index < -0.39 is 17.7 Å². The molecule has 96 valence electrons. The number of morpholine rings is 1. The standard InChI is InChI=1S/C12H11ClF2N2O/c13-5-8-3-10(14)12(11(15)4-8)17-1-2-18-9(6-16)7-17/h3-4,9H,1-2,5,7H2. The lowest BCUT2D eigenvalue weighted by molar-refractivity contribution is 0.0759. The minimum Gasteiger partial charge on any atom is -0.361 e. The second-order valence-corrected chi connectivity index (χ2v) is 4.24. The van der Waals surface area contributed by atoms with Crippen LogP contribution in [-0.2, 0) is 10.6 Å². The first kappa shape index (κ1) is 13.1. The average molecular weight is 273 g/mol. The van der Waals surface area contributed by atoms with E-state index in [1.807, 2.05) is 6.07 Å². The van der Waals surface area contributed by atoms with Crippen molar-refractivity contribution in [1.29, 1.82) is 5.26 Å². The van der Waals surface area contributed by atoms with Crippen LogP contribution in [0.3, 0.4) is 0 Å². The van der Waals surface area contributed by atoms with E-state index >= 15 is 0 Å². The molecule has 3 nitrogen and oxygen atoms in total. The summed E-state index contributed by atoms with van der Waals surface area (Å²) in [5.41, 5.74) is 0.271. The first-order chi connectivity index (χ1) is 8.65. The summed E-state index contributed by atoms with van der Waals surface area (Å²) >= 11 is 5.54. The van der Waals surface area contributed by atoms with Crippen LogP contribution >= 0.6 is 11.6 Å². The molecule has 0 aliphatic carbocycles. The van der Waals surface area contributed by atoms with Gasteiger partial charge in [0.1, 0.15) is 17.3 Å². The first-order valence-corrected chi connectivity index (χ1v) is 5.99. The average Bonchev–Trinajstić information content (AvgIpc) is 2.38. The lowest BCUT2D eigenvalue weighted by Gasteiger charge is -2.32. The summed E-state index contributed by atoms with van der Waals surface area (Å²) in [5.74, 6) is -1.27. The number of nitrogens with zero attached hydrogens (tertiary/aromatic N) is 2. The monoisotopic (exact) mass is 272 g/mol. The lowest BCUT2D eigenvalue weighted by Crippen LogP contribution is -2.42. The van der Waals surface area contributed by atoms with Gasteiger partial charge in [-0.2, -0.15) is 5.26 Å². The van der Waals surface area contributed by atoms with Crippen LogP contribution in [-0.4, -0.2) is 25.8 Å². The Labute approximate surface area is 109 Å². The van der Waals surface area contributed by atoms with Gasteiger partial charge in [0.15, 0.2) is 6.10 Å². The maximum atomic E-state index is 13.8. The van der Waals surface area contributed by atoms with E-state index in [4.69, 9.17) is 21.6 Å². The fourth-order valence-corrected chi connectivity index (χ4v) is 2.08. The number of nitriles is 1. The number of anilines is 1. The number of halogens is 3. The Morgan fingerprint density at radius 3 is 2.67 bits per heavy atom. The third-order valence-electron chi connectivity index (χ3n) is 2.76. The molecule has 0 radical (unpaired) electrons. The Kier molecular flexibility index (Phi) is 4.00. The summed E-state index contributed by atoms with van der Waals surface area (Å²) < 4.78 is 32.8. The fraction of sp³-hybridized carbons (Fsp3) is 0.417. The Morgan fingerprint density at radius 2 is 2.11 bits per heavy atom. The molecule has 1 aliphatic rings. The Balaban J connectivity index is 2.30.